The zero-order chi connectivity index (χ0) is 31.0. The highest BCUT2D eigenvalue weighted by Crippen LogP contribution is 2.60. The SMILES string of the molecule is Nc1nc2c(ncn2[C@@H]2O[C@@H]3CO[P@@](=O)(S)O[C@H]4C[C@H](n5cnc6c(=O)[nH]cnc65)O[C@@H]4CO[P@](=O)(S)O[C@@H]2[C@@H]3F)c(=O)[nH]1. The van der Waals surface area contributed by atoms with Gasteiger partial charge in [-0.05, 0) is 0 Å². The van der Waals surface area contributed by atoms with E-state index >= 15 is 4.39 Å². The second-order valence-electron chi connectivity index (χ2n) is 9.95. The molecule has 0 radical (unpaired) electrons. The monoisotopic (exact) mass is 693 g/mol. The minimum absolute atomic E-state index is 0.0267. The number of anilines is 1. The molecule has 0 aliphatic carbocycles. The van der Waals surface area contributed by atoms with Gasteiger partial charge >= 0.3 is 13.6 Å². The van der Waals surface area contributed by atoms with Crippen LogP contribution in [0.4, 0.5) is 10.3 Å². The van der Waals surface area contributed by atoms with Crippen molar-refractivity contribution in [1.29, 1.82) is 0 Å². The molecule has 0 saturated carbocycles. The van der Waals surface area contributed by atoms with E-state index in [1.54, 1.807) is 0 Å². The minimum atomic E-state index is -4.38. The normalized spacial score (nSPS) is 36.6. The number of aromatic amines is 2. The summed E-state index contributed by atoms with van der Waals surface area (Å²) in [7, 11) is 0. The van der Waals surface area contributed by atoms with Crippen LogP contribution >= 0.6 is 38.1 Å². The largest absolute Gasteiger partial charge is 0.386 e. The van der Waals surface area contributed by atoms with Crippen molar-refractivity contribution in [2.24, 2.45) is 0 Å². The van der Waals surface area contributed by atoms with Gasteiger partial charge in [0.25, 0.3) is 11.1 Å². The van der Waals surface area contributed by atoms with Crippen LogP contribution in [0.25, 0.3) is 22.3 Å². The lowest BCUT2D eigenvalue weighted by molar-refractivity contribution is -0.0560. The average molecular weight is 694 g/mol. The maximum absolute atomic E-state index is 15.8. The van der Waals surface area contributed by atoms with Gasteiger partial charge in [0.1, 0.15) is 30.6 Å². The van der Waals surface area contributed by atoms with Gasteiger partial charge in [-0.25, -0.2) is 28.5 Å². The Hall–Kier alpha value is -2.65. The van der Waals surface area contributed by atoms with E-state index in [4.69, 9.17) is 33.3 Å². The first-order valence-electron chi connectivity index (χ1n) is 12.8. The highest BCUT2D eigenvalue weighted by molar-refractivity contribution is 8.44. The summed E-state index contributed by atoms with van der Waals surface area (Å²) in [5.74, 6) is -0.245. The van der Waals surface area contributed by atoms with Crippen LogP contribution in [0.1, 0.15) is 18.9 Å². The standard InChI is InChI=1S/C20H22FN9O10P2S2/c21-11-9-3-36-41(33,43)39-7-1-10(29-5-25-12-15(29)23-4-24-17(12)31)37-8(7)2-35-42(34,44)40-14(11)19(38-9)30-6-26-13-16(30)27-20(22)28-18(13)32/h4-11,14,19H,1-3H2,(H,33,43)(H,34,44)(H,23,24,31)(H3,22,27,28,32)/t7-,8+,9+,10+,11+,14+,19+,41+,42-/m0/s1. The number of thiol groups is 2. The van der Waals surface area contributed by atoms with Crippen LogP contribution in [0.2, 0.25) is 0 Å². The first kappa shape index (κ1) is 30.0. The number of rotatable bonds is 2. The lowest BCUT2D eigenvalue weighted by Gasteiger charge is -2.26. The Balaban J connectivity index is 1.19. The Morgan fingerprint density at radius 3 is 2.36 bits per heavy atom. The first-order valence-corrected chi connectivity index (χ1v) is 18.2. The summed E-state index contributed by atoms with van der Waals surface area (Å²) < 4.78 is 79.2. The number of ether oxygens (including phenoxy) is 2. The molecule has 19 nitrogen and oxygen atoms in total. The molecule has 3 fully saturated rings. The number of hydrogen-bond acceptors (Lipinski definition) is 15. The van der Waals surface area contributed by atoms with Gasteiger partial charge in [0.2, 0.25) is 5.95 Å². The summed E-state index contributed by atoms with van der Waals surface area (Å²) >= 11 is 8.10. The van der Waals surface area contributed by atoms with Crippen LogP contribution in [0.3, 0.4) is 0 Å². The number of hydrogen-bond donors (Lipinski definition) is 5. The Bertz CT molecular complexity index is 1970. The van der Waals surface area contributed by atoms with Crippen molar-refractivity contribution in [2.45, 2.75) is 49.5 Å². The fourth-order valence-electron chi connectivity index (χ4n) is 5.22. The summed E-state index contributed by atoms with van der Waals surface area (Å²) in [5.41, 5.74) is 4.62. The van der Waals surface area contributed by atoms with Crippen LogP contribution in [0.5, 0.6) is 0 Å². The van der Waals surface area contributed by atoms with Crippen LogP contribution in [-0.2, 0) is 36.7 Å². The van der Waals surface area contributed by atoms with E-state index in [1.165, 1.54) is 21.8 Å². The van der Waals surface area contributed by atoms with Crippen LogP contribution in [0.15, 0.2) is 28.6 Å². The van der Waals surface area contributed by atoms with E-state index in [1.807, 2.05) is 0 Å². The highest BCUT2D eigenvalue weighted by Gasteiger charge is 2.52. The molecule has 3 saturated heterocycles. The van der Waals surface area contributed by atoms with Crippen molar-refractivity contribution in [3.05, 3.63) is 39.7 Å². The third-order valence-corrected chi connectivity index (χ3v) is 10.4. The Kier molecular flexibility index (Phi) is 7.51. The molecular weight excluding hydrogens is 671 g/mol. The lowest BCUT2D eigenvalue weighted by Crippen LogP contribution is -2.32. The third-order valence-electron chi connectivity index (χ3n) is 7.17. The fourth-order valence-corrected chi connectivity index (χ4v) is 8.20. The van der Waals surface area contributed by atoms with Crippen molar-refractivity contribution in [2.75, 3.05) is 18.9 Å². The van der Waals surface area contributed by atoms with Gasteiger partial charge in [0.05, 0.1) is 32.2 Å². The fraction of sp³-hybridized carbons (Fsp3) is 0.500. The Morgan fingerprint density at radius 1 is 0.909 bits per heavy atom. The van der Waals surface area contributed by atoms with Gasteiger partial charge in [0.15, 0.2) is 34.7 Å². The molecule has 4 aromatic heterocycles. The quantitative estimate of drug-likeness (QED) is 0.147. The summed E-state index contributed by atoms with van der Waals surface area (Å²) in [5, 5.41) is 0. The molecule has 3 aliphatic rings. The van der Waals surface area contributed by atoms with E-state index in [2.05, 4.69) is 54.4 Å². The third kappa shape index (κ3) is 5.42. The maximum Gasteiger partial charge on any atom is 0.386 e. The van der Waals surface area contributed by atoms with E-state index in [0.717, 1.165) is 6.33 Å². The lowest BCUT2D eigenvalue weighted by atomic mass is 10.1. The predicted molar refractivity (Wildman–Crippen MR) is 153 cm³/mol. The number of nitrogens with two attached hydrogens (primary N) is 1. The van der Waals surface area contributed by atoms with Crippen LogP contribution < -0.4 is 16.9 Å². The average Bonchev–Trinajstić information content (AvgIpc) is 3.72. The molecule has 7 heterocycles. The number of nitrogens with zero attached hydrogens (tertiary/aromatic N) is 6. The molecule has 3 aliphatic heterocycles. The first-order chi connectivity index (χ1) is 20.9. The van der Waals surface area contributed by atoms with E-state index < -0.39 is 81.0 Å². The summed E-state index contributed by atoms with van der Waals surface area (Å²) in [6.07, 6.45) is -5.78. The Labute approximate surface area is 254 Å². The molecular formula is C20H22FN9O10P2S2. The summed E-state index contributed by atoms with van der Waals surface area (Å²) in [6.45, 7) is -9.71. The molecule has 4 N–H and O–H groups in total. The Morgan fingerprint density at radius 2 is 1.59 bits per heavy atom. The second-order valence-corrected chi connectivity index (χ2v) is 15.7. The zero-order valence-corrected chi connectivity index (χ0v) is 25.5. The highest BCUT2D eigenvalue weighted by atomic mass is 32.7. The molecule has 7 rings (SSSR count). The van der Waals surface area contributed by atoms with Crippen LogP contribution in [-0.4, -0.2) is 82.8 Å². The molecule has 236 valence electrons. The number of halogens is 1. The van der Waals surface area contributed by atoms with Crippen molar-refractivity contribution in [1.82, 2.24) is 39.0 Å². The van der Waals surface area contributed by atoms with Gasteiger partial charge in [-0.15, -0.1) is 0 Å². The second kappa shape index (κ2) is 11.0. The number of fused-ring (bicyclic) bond motifs is 5. The number of nitrogens with one attached hydrogen (secondary N) is 2. The van der Waals surface area contributed by atoms with E-state index in [0.29, 0.717) is 0 Å². The molecule has 0 aromatic carbocycles. The van der Waals surface area contributed by atoms with Crippen LogP contribution in [0, 0.1) is 0 Å². The summed E-state index contributed by atoms with van der Waals surface area (Å²) in [6, 6.07) is 0. The molecule has 0 amide bonds. The number of imidazole rings is 2. The predicted octanol–water partition coefficient (Wildman–Crippen LogP) is 1.25. The van der Waals surface area contributed by atoms with Gasteiger partial charge in [-0.2, -0.15) is 4.98 Å². The molecule has 44 heavy (non-hydrogen) atoms. The maximum atomic E-state index is 15.8. The molecule has 4 aromatic rings. The molecule has 0 spiro atoms. The van der Waals surface area contributed by atoms with Gasteiger partial charge < -0.3 is 20.2 Å². The molecule has 9 atom stereocenters. The minimum Gasteiger partial charge on any atom is -0.369 e. The smallest absolute Gasteiger partial charge is 0.369 e. The zero-order valence-electron chi connectivity index (χ0n) is 21.9. The number of alkyl halides is 1. The molecule has 0 unspecified atom stereocenters. The van der Waals surface area contributed by atoms with Gasteiger partial charge in [-0.1, -0.05) is 24.5 Å². The van der Waals surface area contributed by atoms with Gasteiger partial charge in [0, 0.05) is 6.42 Å². The van der Waals surface area contributed by atoms with E-state index in [-0.39, 0.29) is 34.7 Å². The van der Waals surface area contributed by atoms with Crippen molar-refractivity contribution < 1.29 is 41.1 Å². The van der Waals surface area contributed by atoms with E-state index in [9.17, 15) is 18.7 Å². The molecule has 24 heteroatoms. The number of nitrogen functional groups attached to an aromatic ring is 1. The van der Waals surface area contributed by atoms with Gasteiger partial charge in [-0.3, -0.25) is 41.8 Å². The number of aromatic nitrogens is 8. The number of H-pyrrole nitrogens is 2. The van der Waals surface area contributed by atoms with Crippen molar-refractivity contribution >= 4 is 66.4 Å². The van der Waals surface area contributed by atoms with Crippen molar-refractivity contribution in [3.8, 4) is 0 Å². The summed E-state index contributed by atoms with van der Waals surface area (Å²) in [4.78, 5) is 45.4. The van der Waals surface area contributed by atoms with Crippen molar-refractivity contribution in [3.63, 3.8) is 0 Å². The molecule has 2 bridgehead atoms. The topological polar surface area (TPSA) is 243 Å².